The molecule has 0 unspecified atom stereocenters. The summed E-state index contributed by atoms with van der Waals surface area (Å²) in [5.41, 5.74) is 1.84. The van der Waals surface area contributed by atoms with Crippen LogP contribution in [0.5, 0.6) is 0 Å². The number of anilines is 2. The Morgan fingerprint density at radius 3 is 2.40 bits per heavy atom. The van der Waals surface area contributed by atoms with Crippen LogP contribution in [0.15, 0.2) is 24.3 Å². The molecule has 0 fully saturated rings. The number of benzene rings is 1. The van der Waals surface area contributed by atoms with Gasteiger partial charge in [0.05, 0.1) is 6.61 Å². The molecule has 4 nitrogen and oxygen atoms in total. The van der Waals surface area contributed by atoms with Gasteiger partial charge < -0.3 is 9.64 Å². The highest BCUT2D eigenvalue weighted by Crippen LogP contribution is 2.15. The Labute approximate surface area is 126 Å². The van der Waals surface area contributed by atoms with E-state index < -0.39 is 6.09 Å². The Morgan fingerprint density at radius 2 is 1.80 bits per heavy atom. The highest BCUT2D eigenvalue weighted by molar-refractivity contribution is 7.80. The molecule has 0 heterocycles. The first kappa shape index (κ1) is 16.7. The molecule has 0 aliphatic heterocycles. The molecule has 0 atom stereocenters. The summed E-state index contributed by atoms with van der Waals surface area (Å²) in [4.78, 5) is 13.6. The summed E-state index contributed by atoms with van der Waals surface area (Å²) in [7, 11) is 3.95. The maximum atomic E-state index is 11.6. The van der Waals surface area contributed by atoms with Crippen molar-refractivity contribution in [3.8, 4) is 0 Å². The average Bonchev–Trinajstić information content (AvgIpc) is 2.43. The number of ether oxygens (including phenoxy) is 1. The van der Waals surface area contributed by atoms with E-state index in [1.807, 2.05) is 43.3 Å². The fourth-order valence-corrected chi connectivity index (χ4v) is 1.95. The van der Waals surface area contributed by atoms with Crippen molar-refractivity contribution in [1.29, 1.82) is 0 Å². The molecule has 5 heteroatoms. The first-order chi connectivity index (χ1) is 9.63. The van der Waals surface area contributed by atoms with Crippen molar-refractivity contribution in [1.82, 2.24) is 0 Å². The highest BCUT2D eigenvalue weighted by Gasteiger charge is 2.03. The maximum Gasteiger partial charge on any atom is 0.411 e. The molecule has 0 saturated heterocycles. The monoisotopic (exact) mass is 296 g/mol. The van der Waals surface area contributed by atoms with Crippen LogP contribution in [0, 0.1) is 0 Å². The predicted molar refractivity (Wildman–Crippen MR) is 88.1 cm³/mol. The quantitative estimate of drug-likeness (QED) is 0.566. The summed E-state index contributed by atoms with van der Waals surface area (Å²) < 4.78 is 5.12. The second-order valence-corrected chi connectivity index (χ2v) is 5.29. The molecule has 1 aromatic carbocycles. The topological polar surface area (TPSA) is 41.6 Å². The molecule has 20 heavy (non-hydrogen) atoms. The smallest absolute Gasteiger partial charge is 0.411 e. The second kappa shape index (κ2) is 9.53. The van der Waals surface area contributed by atoms with E-state index in [1.165, 1.54) is 0 Å². The van der Waals surface area contributed by atoms with Gasteiger partial charge in [-0.1, -0.05) is 12.8 Å². The number of carbonyl (C=O) groups is 1. The van der Waals surface area contributed by atoms with Gasteiger partial charge in [0.25, 0.3) is 0 Å². The van der Waals surface area contributed by atoms with E-state index >= 15 is 0 Å². The van der Waals surface area contributed by atoms with Crippen molar-refractivity contribution in [2.75, 3.05) is 36.7 Å². The van der Waals surface area contributed by atoms with Crippen LogP contribution in [0.4, 0.5) is 16.2 Å². The molecule has 1 aromatic rings. The van der Waals surface area contributed by atoms with Crippen LogP contribution in [0.2, 0.25) is 0 Å². The first-order valence-electron chi connectivity index (χ1n) is 6.95. The fourth-order valence-electron chi connectivity index (χ4n) is 1.73. The molecule has 1 rings (SSSR count). The lowest BCUT2D eigenvalue weighted by atomic mass is 10.2. The summed E-state index contributed by atoms with van der Waals surface area (Å²) in [5.74, 6) is 0.921. The standard InChI is InChI=1S/C15H24N2O2S/c1-17(2)14-9-7-13(8-10-14)16-15(18)19-11-5-3-4-6-12-20/h7-10,20H,3-6,11-12H2,1-2H3,(H,16,18). The maximum absolute atomic E-state index is 11.6. The van der Waals surface area contributed by atoms with Gasteiger partial charge >= 0.3 is 6.09 Å². The average molecular weight is 296 g/mol. The van der Waals surface area contributed by atoms with E-state index in [-0.39, 0.29) is 0 Å². The number of hydrogen-bond acceptors (Lipinski definition) is 4. The number of nitrogens with zero attached hydrogens (tertiary/aromatic N) is 1. The van der Waals surface area contributed by atoms with E-state index in [9.17, 15) is 4.79 Å². The zero-order valence-electron chi connectivity index (χ0n) is 12.3. The number of rotatable bonds is 8. The van der Waals surface area contributed by atoms with Gasteiger partial charge in [0.15, 0.2) is 0 Å². The van der Waals surface area contributed by atoms with Crippen LogP contribution < -0.4 is 10.2 Å². The largest absolute Gasteiger partial charge is 0.449 e. The second-order valence-electron chi connectivity index (χ2n) is 4.84. The summed E-state index contributed by atoms with van der Waals surface area (Å²) in [5, 5.41) is 2.72. The van der Waals surface area contributed by atoms with Crippen molar-refractivity contribution < 1.29 is 9.53 Å². The van der Waals surface area contributed by atoms with Gasteiger partial charge in [-0.15, -0.1) is 0 Å². The summed E-state index contributed by atoms with van der Waals surface area (Å²) in [6.45, 7) is 0.466. The van der Waals surface area contributed by atoms with Crippen LogP contribution in [-0.2, 0) is 4.74 Å². The Morgan fingerprint density at radius 1 is 1.15 bits per heavy atom. The third-order valence-electron chi connectivity index (χ3n) is 2.92. The Bertz CT molecular complexity index is 393. The minimum absolute atomic E-state index is 0.392. The minimum atomic E-state index is -0.392. The molecule has 0 aliphatic carbocycles. The van der Waals surface area contributed by atoms with Gasteiger partial charge in [-0.25, -0.2) is 4.79 Å². The highest BCUT2D eigenvalue weighted by atomic mass is 32.1. The lowest BCUT2D eigenvalue weighted by molar-refractivity contribution is 0.159. The van der Waals surface area contributed by atoms with E-state index in [0.717, 1.165) is 42.8 Å². The van der Waals surface area contributed by atoms with Gasteiger partial charge in [0.2, 0.25) is 0 Å². The van der Waals surface area contributed by atoms with Gasteiger partial charge in [0.1, 0.15) is 0 Å². The van der Waals surface area contributed by atoms with Crippen LogP contribution in [0.25, 0.3) is 0 Å². The third kappa shape index (κ3) is 6.70. The normalized spacial score (nSPS) is 10.2. The number of unbranched alkanes of at least 4 members (excludes halogenated alkanes) is 3. The van der Waals surface area contributed by atoms with E-state index in [4.69, 9.17) is 4.74 Å². The molecular weight excluding hydrogens is 272 g/mol. The van der Waals surface area contributed by atoms with Gasteiger partial charge in [0, 0.05) is 25.5 Å². The summed E-state index contributed by atoms with van der Waals surface area (Å²) in [6.07, 6.45) is 3.84. The van der Waals surface area contributed by atoms with E-state index in [2.05, 4.69) is 17.9 Å². The van der Waals surface area contributed by atoms with Crippen LogP contribution in [0.3, 0.4) is 0 Å². The lowest BCUT2D eigenvalue weighted by Crippen LogP contribution is -2.14. The Hall–Kier alpha value is -1.36. The SMILES string of the molecule is CN(C)c1ccc(NC(=O)OCCCCCCS)cc1. The van der Waals surface area contributed by atoms with Crippen LogP contribution in [0.1, 0.15) is 25.7 Å². The molecule has 0 spiro atoms. The van der Waals surface area contributed by atoms with Crippen LogP contribution in [-0.4, -0.2) is 32.5 Å². The molecule has 1 N–H and O–H groups in total. The molecule has 0 saturated carbocycles. The number of hydrogen-bond donors (Lipinski definition) is 2. The van der Waals surface area contributed by atoms with E-state index in [1.54, 1.807) is 0 Å². The van der Waals surface area contributed by atoms with Crippen molar-refractivity contribution in [2.45, 2.75) is 25.7 Å². The van der Waals surface area contributed by atoms with E-state index in [0.29, 0.717) is 6.61 Å². The molecule has 1 amide bonds. The molecule has 0 aliphatic rings. The molecule has 0 radical (unpaired) electrons. The number of amides is 1. The molecule has 112 valence electrons. The van der Waals surface area contributed by atoms with Crippen molar-refractivity contribution in [2.24, 2.45) is 0 Å². The summed E-state index contributed by atoms with van der Waals surface area (Å²) >= 11 is 4.16. The first-order valence-corrected chi connectivity index (χ1v) is 7.59. The van der Waals surface area contributed by atoms with Crippen molar-refractivity contribution in [3.63, 3.8) is 0 Å². The van der Waals surface area contributed by atoms with Crippen molar-refractivity contribution >= 4 is 30.1 Å². The zero-order valence-corrected chi connectivity index (χ0v) is 13.2. The molecular formula is C15H24N2O2S. The number of carbonyl (C=O) groups excluding carboxylic acids is 1. The summed E-state index contributed by atoms with van der Waals surface area (Å²) in [6, 6.07) is 7.63. The third-order valence-corrected chi connectivity index (χ3v) is 3.23. The number of thiol groups is 1. The fraction of sp³-hybridized carbons (Fsp3) is 0.533. The number of nitrogens with one attached hydrogen (secondary N) is 1. The lowest BCUT2D eigenvalue weighted by Gasteiger charge is -2.13. The Kier molecular flexibility index (Phi) is 7.95. The van der Waals surface area contributed by atoms with Crippen molar-refractivity contribution in [3.05, 3.63) is 24.3 Å². The van der Waals surface area contributed by atoms with Gasteiger partial charge in [-0.05, 0) is 42.9 Å². The van der Waals surface area contributed by atoms with Gasteiger partial charge in [-0.3, -0.25) is 5.32 Å². The predicted octanol–water partition coefficient (Wildman–Crippen LogP) is 3.79. The minimum Gasteiger partial charge on any atom is -0.449 e. The molecule has 0 aromatic heterocycles. The molecule has 0 bridgehead atoms. The Balaban J connectivity index is 2.21. The van der Waals surface area contributed by atoms with Crippen LogP contribution >= 0.6 is 12.6 Å². The van der Waals surface area contributed by atoms with Gasteiger partial charge in [-0.2, -0.15) is 12.6 Å². The zero-order chi connectivity index (χ0) is 14.8.